The third-order valence-corrected chi connectivity index (χ3v) is 4.35. The Bertz CT molecular complexity index is 512. The molecular weight excluding hydrogens is 284 g/mol. The highest BCUT2D eigenvalue weighted by Crippen LogP contribution is 2.42. The summed E-state index contributed by atoms with van der Waals surface area (Å²) in [6, 6.07) is 0.620. The lowest BCUT2D eigenvalue weighted by atomic mass is 9.89. The summed E-state index contributed by atoms with van der Waals surface area (Å²) in [5.41, 5.74) is -0.439. The molecule has 8 heteroatoms. The first-order valence-corrected chi connectivity index (χ1v) is 7.88. The van der Waals surface area contributed by atoms with Gasteiger partial charge in [-0.2, -0.15) is 5.21 Å². The van der Waals surface area contributed by atoms with E-state index >= 15 is 0 Å². The summed E-state index contributed by atoms with van der Waals surface area (Å²) < 4.78 is 5.55. The number of hydrogen-bond donors (Lipinski definition) is 2. The molecule has 122 valence electrons. The van der Waals surface area contributed by atoms with Crippen LogP contribution in [0.2, 0.25) is 0 Å². The minimum absolute atomic E-state index is 0.166. The Hall–Kier alpha value is -1.70. The summed E-state index contributed by atoms with van der Waals surface area (Å²) >= 11 is 0. The van der Waals surface area contributed by atoms with Crippen LogP contribution in [0.1, 0.15) is 45.9 Å². The SMILES string of the molecule is CC(C)(C)OC(=O)N1C2CCC1C(CNCc1nn[nH]n1)C2. The van der Waals surface area contributed by atoms with Gasteiger partial charge in [-0.25, -0.2) is 4.79 Å². The first-order chi connectivity index (χ1) is 10.4. The van der Waals surface area contributed by atoms with Crippen molar-refractivity contribution in [2.75, 3.05) is 6.54 Å². The molecule has 0 aliphatic carbocycles. The predicted octanol–water partition coefficient (Wildman–Crippen LogP) is 1.08. The smallest absolute Gasteiger partial charge is 0.410 e. The molecule has 3 rings (SSSR count). The molecule has 3 unspecified atom stereocenters. The van der Waals surface area contributed by atoms with Crippen molar-refractivity contribution < 1.29 is 9.53 Å². The largest absolute Gasteiger partial charge is 0.444 e. The van der Waals surface area contributed by atoms with Crippen LogP contribution < -0.4 is 5.32 Å². The number of rotatable bonds is 4. The van der Waals surface area contributed by atoms with Gasteiger partial charge in [0.15, 0.2) is 5.82 Å². The third-order valence-electron chi connectivity index (χ3n) is 4.35. The number of nitrogens with zero attached hydrogens (tertiary/aromatic N) is 4. The van der Waals surface area contributed by atoms with Crippen LogP contribution in [0.3, 0.4) is 0 Å². The number of amides is 1. The van der Waals surface area contributed by atoms with Crippen molar-refractivity contribution in [3.63, 3.8) is 0 Å². The van der Waals surface area contributed by atoms with Crippen LogP contribution >= 0.6 is 0 Å². The van der Waals surface area contributed by atoms with E-state index in [4.69, 9.17) is 4.74 Å². The Morgan fingerprint density at radius 3 is 2.95 bits per heavy atom. The van der Waals surface area contributed by atoms with Crippen LogP contribution in [0, 0.1) is 5.92 Å². The molecule has 2 N–H and O–H groups in total. The van der Waals surface area contributed by atoms with E-state index in [1.54, 1.807) is 0 Å². The molecule has 0 radical (unpaired) electrons. The highest BCUT2D eigenvalue weighted by Gasteiger charge is 2.49. The van der Waals surface area contributed by atoms with E-state index in [1.807, 2.05) is 25.7 Å². The van der Waals surface area contributed by atoms with E-state index in [2.05, 4.69) is 25.9 Å². The number of aromatic nitrogens is 4. The fraction of sp³-hybridized carbons (Fsp3) is 0.857. The van der Waals surface area contributed by atoms with E-state index in [0.717, 1.165) is 25.8 Å². The summed E-state index contributed by atoms with van der Waals surface area (Å²) in [7, 11) is 0. The van der Waals surface area contributed by atoms with E-state index in [1.165, 1.54) is 0 Å². The van der Waals surface area contributed by atoms with Gasteiger partial charge in [0.25, 0.3) is 0 Å². The van der Waals surface area contributed by atoms with E-state index in [9.17, 15) is 4.79 Å². The van der Waals surface area contributed by atoms with Gasteiger partial charge in [0.05, 0.1) is 6.54 Å². The maximum Gasteiger partial charge on any atom is 0.410 e. The maximum atomic E-state index is 12.4. The average Bonchev–Trinajstić information content (AvgIpc) is 3.11. The van der Waals surface area contributed by atoms with Crippen molar-refractivity contribution >= 4 is 6.09 Å². The molecule has 0 spiro atoms. The molecule has 0 aromatic carbocycles. The van der Waals surface area contributed by atoms with E-state index in [-0.39, 0.29) is 12.1 Å². The summed E-state index contributed by atoms with van der Waals surface area (Å²) in [6.07, 6.45) is 3.04. The van der Waals surface area contributed by atoms with Gasteiger partial charge < -0.3 is 15.0 Å². The van der Waals surface area contributed by atoms with Gasteiger partial charge in [0.2, 0.25) is 0 Å². The molecule has 2 aliphatic rings. The number of carbonyl (C=O) groups is 1. The Balaban J connectivity index is 1.53. The van der Waals surface area contributed by atoms with Crippen LogP contribution in [-0.4, -0.2) is 55.8 Å². The Labute approximate surface area is 130 Å². The number of hydrogen-bond acceptors (Lipinski definition) is 6. The second-order valence-electron chi connectivity index (χ2n) is 7.14. The summed E-state index contributed by atoms with van der Waals surface area (Å²) in [4.78, 5) is 14.3. The second-order valence-corrected chi connectivity index (χ2v) is 7.14. The molecule has 1 amide bonds. The van der Waals surface area contributed by atoms with Gasteiger partial charge in [-0.05, 0) is 46.0 Å². The van der Waals surface area contributed by atoms with Crippen LogP contribution in [0.5, 0.6) is 0 Å². The Kier molecular flexibility index (Phi) is 4.03. The molecule has 1 aromatic heterocycles. The molecule has 8 nitrogen and oxygen atoms in total. The molecule has 2 fully saturated rings. The fourth-order valence-corrected chi connectivity index (χ4v) is 3.56. The molecule has 2 aliphatic heterocycles. The molecule has 3 atom stereocenters. The number of aromatic amines is 1. The number of tetrazole rings is 1. The van der Waals surface area contributed by atoms with Crippen LogP contribution in [0.15, 0.2) is 0 Å². The minimum atomic E-state index is -0.439. The Morgan fingerprint density at radius 1 is 1.45 bits per heavy atom. The van der Waals surface area contributed by atoms with Gasteiger partial charge in [-0.15, -0.1) is 10.2 Å². The third kappa shape index (κ3) is 3.21. The van der Waals surface area contributed by atoms with Crippen molar-refractivity contribution in [3.05, 3.63) is 5.82 Å². The van der Waals surface area contributed by atoms with Gasteiger partial charge in [-0.3, -0.25) is 0 Å². The van der Waals surface area contributed by atoms with Crippen molar-refractivity contribution in [1.82, 2.24) is 30.8 Å². The lowest BCUT2D eigenvalue weighted by Crippen LogP contribution is -2.41. The molecule has 0 saturated carbocycles. The molecule has 2 saturated heterocycles. The fourth-order valence-electron chi connectivity index (χ4n) is 3.56. The first kappa shape index (κ1) is 15.2. The first-order valence-electron chi connectivity index (χ1n) is 7.88. The summed E-state index contributed by atoms with van der Waals surface area (Å²) in [6.45, 7) is 7.18. The standard InChI is InChI=1S/C14H24N6O2/c1-14(2,3)22-13(21)20-10-4-5-11(20)9(6-10)7-15-8-12-16-18-19-17-12/h9-11,15H,4-8H2,1-3H3,(H,16,17,18,19). The number of nitrogens with one attached hydrogen (secondary N) is 2. The Morgan fingerprint density at radius 2 is 2.27 bits per heavy atom. The number of carbonyl (C=O) groups excluding carboxylic acids is 1. The molecule has 1 aromatic rings. The van der Waals surface area contributed by atoms with Crippen molar-refractivity contribution in [1.29, 1.82) is 0 Å². The highest BCUT2D eigenvalue weighted by molar-refractivity contribution is 5.70. The number of H-pyrrole nitrogens is 1. The van der Waals surface area contributed by atoms with Crippen molar-refractivity contribution in [2.45, 2.75) is 64.3 Å². The van der Waals surface area contributed by atoms with Gasteiger partial charge in [0.1, 0.15) is 5.60 Å². The zero-order valence-electron chi connectivity index (χ0n) is 13.4. The second kappa shape index (κ2) is 5.83. The topological polar surface area (TPSA) is 96.0 Å². The number of fused-ring (bicyclic) bond motifs is 2. The summed E-state index contributed by atoms with van der Waals surface area (Å²) in [5, 5.41) is 17.2. The van der Waals surface area contributed by atoms with E-state index in [0.29, 0.717) is 24.3 Å². The van der Waals surface area contributed by atoms with E-state index < -0.39 is 5.60 Å². The van der Waals surface area contributed by atoms with Gasteiger partial charge in [0, 0.05) is 18.6 Å². The highest BCUT2D eigenvalue weighted by atomic mass is 16.6. The minimum Gasteiger partial charge on any atom is -0.444 e. The average molecular weight is 308 g/mol. The lowest BCUT2D eigenvalue weighted by Gasteiger charge is -2.28. The quantitative estimate of drug-likeness (QED) is 0.864. The molecule has 3 heterocycles. The zero-order valence-corrected chi connectivity index (χ0v) is 13.4. The normalized spacial score (nSPS) is 27.4. The molecule has 2 bridgehead atoms. The maximum absolute atomic E-state index is 12.4. The van der Waals surface area contributed by atoms with Crippen LogP contribution in [0.4, 0.5) is 4.79 Å². The number of ether oxygens (including phenoxy) is 1. The van der Waals surface area contributed by atoms with Gasteiger partial charge >= 0.3 is 6.09 Å². The van der Waals surface area contributed by atoms with Gasteiger partial charge in [-0.1, -0.05) is 5.21 Å². The molecule has 22 heavy (non-hydrogen) atoms. The van der Waals surface area contributed by atoms with Crippen molar-refractivity contribution in [2.24, 2.45) is 5.92 Å². The van der Waals surface area contributed by atoms with Crippen LogP contribution in [0.25, 0.3) is 0 Å². The predicted molar refractivity (Wildman–Crippen MR) is 78.9 cm³/mol. The monoisotopic (exact) mass is 308 g/mol. The summed E-state index contributed by atoms with van der Waals surface area (Å²) in [5.74, 6) is 1.13. The van der Waals surface area contributed by atoms with Crippen molar-refractivity contribution in [3.8, 4) is 0 Å². The lowest BCUT2D eigenvalue weighted by molar-refractivity contribution is 0.0205. The van der Waals surface area contributed by atoms with Crippen LogP contribution in [-0.2, 0) is 11.3 Å². The zero-order chi connectivity index (χ0) is 15.7. The molecular formula is C14H24N6O2.